The first-order valence-electron chi connectivity index (χ1n) is 31.3. The maximum absolute atomic E-state index is 6.56. The zero-order valence-corrected chi connectivity index (χ0v) is 51.8. The normalized spacial score (nSPS) is 12.0. The minimum atomic E-state index is 0.816. The highest BCUT2D eigenvalue weighted by molar-refractivity contribution is 6.16. The quantitative estimate of drug-likeness (QED) is 0.152. The molecule has 17 aromatic rings. The van der Waals surface area contributed by atoms with Crippen LogP contribution in [-0.4, -0.2) is 28.2 Å². The average Bonchev–Trinajstić information content (AvgIpc) is 1.46. The van der Waals surface area contributed by atoms with Crippen molar-refractivity contribution in [1.82, 2.24) is 28.2 Å². The summed E-state index contributed by atoms with van der Waals surface area (Å²) in [4.78, 5) is 11.9. The van der Waals surface area contributed by atoms with Crippen LogP contribution in [0.1, 0.15) is 44.5 Å². The van der Waals surface area contributed by atoms with Crippen LogP contribution in [-0.2, 0) is 0 Å². The van der Waals surface area contributed by atoms with Gasteiger partial charge in [0.05, 0.1) is 55.5 Å². The Kier molecular flexibility index (Phi) is 12.0. The van der Waals surface area contributed by atoms with Crippen LogP contribution >= 0.6 is 0 Å². The van der Waals surface area contributed by atoms with Crippen molar-refractivity contribution in [3.63, 3.8) is 0 Å². The number of nitrogens with zero attached hydrogens (tertiary/aromatic N) is 6. The summed E-state index contributed by atoms with van der Waals surface area (Å²) in [5.74, 6) is 1.63. The summed E-state index contributed by atoms with van der Waals surface area (Å²) in [6.07, 6.45) is 0. The van der Waals surface area contributed by atoms with Gasteiger partial charge in [-0.05, 0) is 181 Å². The summed E-state index contributed by atoms with van der Waals surface area (Å²) >= 11 is 0. The molecule has 0 amide bonds. The molecule has 6 heterocycles. The molecule has 0 aliphatic rings. The van der Waals surface area contributed by atoms with Crippen molar-refractivity contribution in [2.45, 2.75) is 55.4 Å². The molecule has 0 aliphatic carbocycles. The van der Waals surface area contributed by atoms with Gasteiger partial charge in [0, 0.05) is 59.8 Å². The molecule has 0 atom stereocenters. The third-order valence-corrected chi connectivity index (χ3v) is 18.8. The van der Waals surface area contributed by atoms with Crippen molar-refractivity contribution in [2.75, 3.05) is 0 Å². The van der Waals surface area contributed by atoms with E-state index >= 15 is 0 Å². The summed E-state index contributed by atoms with van der Waals surface area (Å²) in [5, 5.41) is 9.51. The maximum atomic E-state index is 6.56. The van der Waals surface area contributed by atoms with Gasteiger partial charge in [-0.3, -0.25) is 9.13 Å². The molecule has 6 nitrogen and oxygen atoms in total. The van der Waals surface area contributed by atoms with E-state index in [1.54, 1.807) is 0 Å². The third-order valence-electron chi connectivity index (χ3n) is 18.8. The molecule has 0 spiro atoms. The second-order valence-electron chi connectivity index (χ2n) is 25.3. The van der Waals surface area contributed by atoms with Gasteiger partial charge in [0.25, 0.3) is 0 Å². The zero-order chi connectivity index (χ0) is 60.8. The smallest absolute Gasteiger partial charge is 0.165 e. The molecule has 0 saturated carbocycles. The Morgan fingerprint density at radius 1 is 0.211 bits per heavy atom. The van der Waals surface area contributed by atoms with Gasteiger partial charge in [-0.25, -0.2) is 9.97 Å². The Bertz CT molecular complexity index is 5280. The molecule has 0 bridgehead atoms. The van der Waals surface area contributed by atoms with Crippen LogP contribution in [0.3, 0.4) is 0 Å². The Hall–Kier alpha value is -11.1. The van der Waals surface area contributed by atoms with Gasteiger partial charge in [0.15, 0.2) is 11.6 Å². The first kappa shape index (κ1) is 53.2. The molecule has 0 fully saturated rings. The Labute approximate surface area is 522 Å². The molecule has 90 heavy (non-hydrogen) atoms. The molecule has 0 radical (unpaired) electrons. The number of hydrogen-bond acceptors (Lipinski definition) is 2. The van der Waals surface area contributed by atoms with Crippen LogP contribution in [0, 0.1) is 55.4 Å². The number of fused-ring (bicyclic) bond motifs is 12. The maximum Gasteiger partial charge on any atom is 0.165 e. The highest BCUT2D eigenvalue weighted by Crippen LogP contribution is 2.50. The van der Waals surface area contributed by atoms with Crippen LogP contribution in [0.5, 0.6) is 0 Å². The number of pyridine rings is 2. The van der Waals surface area contributed by atoms with Crippen molar-refractivity contribution in [3.05, 3.63) is 287 Å². The van der Waals surface area contributed by atoms with Gasteiger partial charge in [0.2, 0.25) is 0 Å². The fourth-order valence-electron chi connectivity index (χ4n) is 14.5. The SMILES string of the molecule is Cc1ccc2c(c1)c1cc(C)ccc1n2-c1nc(-n2c3ccc(C)cc3c3cc(C)ccc32)c(-n2c3ccc(C)cc3c3cc(C)ccc32)c(-c2ccc(-c3cc(-c4ccccc4)nc(-c4ccccc4)c3)cc2)c1-n1c2ccc(C)cc2c2cc(C)ccc21. The Balaban J connectivity index is 1.12. The number of aromatic nitrogens is 6. The van der Waals surface area contributed by atoms with Crippen LogP contribution in [0.25, 0.3) is 155 Å². The number of hydrogen-bond donors (Lipinski definition) is 0. The van der Waals surface area contributed by atoms with Gasteiger partial charge in [-0.1, -0.05) is 178 Å². The van der Waals surface area contributed by atoms with E-state index in [4.69, 9.17) is 9.97 Å². The van der Waals surface area contributed by atoms with Gasteiger partial charge in [-0.15, -0.1) is 0 Å². The lowest BCUT2D eigenvalue weighted by molar-refractivity contribution is 0.960. The predicted octanol–water partition coefficient (Wildman–Crippen LogP) is 22.0. The molecular weight excluding hydrogens is 1090 g/mol. The van der Waals surface area contributed by atoms with Crippen LogP contribution in [0.2, 0.25) is 0 Å². The van der Waals surface area contributed by atoms with Crippen molar-refractivity contribution >= 4 is 87.2 Å². The number of aryl methyl sites for hydroxylation is 8. The van der Waals surface area contributed by atoms with Crippen molar-refractivity contribution in [3.8, 4) is 67.8 Å². The first-order valence-corrected chi connectivity index (χ1v) is 31.3. The van der Waals surface area contributed by atoms with Crippen molar-refractivity contribution in [2.24, 2.45) is 0 Å². The molecular formula is C84H64N6. The molecule has 0 saturated heterocycles. The molecule has 0 aliphatic heterocycles. The van der Waals surface area contributed by atoms with Gasteiger partial charge < -0.3 is 9.13 Å². The predicted molar refractivity (Wildman–Crippen MR) is 379 cm³/mol. The molecule has 430 valence electrons. The summed E-state index contributed by atoms with van der Waals surface area (Å²) in [6, 6.07) is 90.7. The lowest BCUT2D eigenvalue weighted by Crippen LogP contribution is -2.16. The number of benzene rings is 11. The molecule has 6 aromatic heterocycles. The van der Waals surface area contributed by atoms with Crippen LogP contribution in [0.4, 0.5) is 0 Å². The van der Waals surface area contributed by atoms with Gasteiger partial charge in [-0.2, -0.15) is 0 Å². The Morgan fingerprint density at radius 3 is 0.744 bits per heavy atom. The van der Waals surface area contributed by atoms with Crippen molar-refractivity contribution in [1.29, 1.82) is 0 Å². The van der Waals surface area contributed by atoms with Crippen LogP contribution in [0.15, 0.2) is 243 Å². The molecule has 0 N–H and O–H groups in total. The molecule has 6 heteroatoms. The monoisotopic (exact) mass is 1160 g/mol. The number of rotatable bonds is 8. The van der Waals surface area contributed by atoms with E-state index in [-0.39, 0.29) is 0 Å². The van der Waals surface area contributed by atoms with E-state index in [2.05, 4.69) is 316 Å². The highest BCUT2D eigenvalue weighted by atomic mass is 15.2. The second kappa shape index (κ2) is 20.2. The highest BCUT2D eigenvalue weighted by Gasteiger charge is 2.33. The van der Waals surface area contributed by atoms with E-state index in [1.165, 1.54) is 87.6 Å². The van der Waals surface area contributed by atoms with Gasteiger partial charge >= 0.3 is 0 Å². The summed E-state index contributed by atoms with van der Waals surface area (Å²) in [6.45, 7) is 17.7. The molecule has 0 unspecified atom stereocenters. The van der Waals surface area contributed by atoms with Crippen molar-refractivity contribution < 1.29 is 0 Å². The largest absolute Gasteiger partial charge is 0.305 e. The fraction of sp³-hybridized carbons (Fsp3) is 0.0952. The second-order valence-corrected chi connectivity index (χ2v) is 25.3. The minimum Gasteiger partial charge on any atom is -0.305 e. The molecule has 11 aromatic carbocycles. The average molecular weight is 1160 g/mol. The van der Waals surface area contributed by atoms with E-state index in [9.17, 15) is 0 Å². The standard InChI is InChI=1S/C84H64N6/c1-49-19-31-72-62(39-49)63-40-50(2)20-32-73(63)87(72)81-80(60-29-27-57(28-30-60)61-47-70(58-15-11-9-12-16-58)85-71(48-61)59-17-13-10-14-18-59)82(88-74-33-21-51(3)41-64(74)65-42-52(4)22-34-75(65)88)84(90-78-37-25-55(7)45-68(78)69-46-56(8)26-38-79(69)90)86-83(81)89-76-35-23-53(5)43-66(76)67-44-54(6)24-36-77(67)89/h9-48H,1-8H3. The van der Waals surface area contributed by atoms with E-state index in [0.717, 1.165) is 112 Å². The molecule has 17 rings (SSSR count). The summed E-state index contributed by atoms with van der Waals surface area (Å²) in [5.41, 5.74) is 28.5. The summed E-state index contributed by atoms with van der Waals surface area (Å²) < 4.78 is 10.1. The Morgan fingerprint density at radius 2 is 0.467 bits per heavy atom. The first-order chi connectivity index (χ1) is 43.9. The van der Waals surface area contributed by atoms with E-state index < -0.39 is 0 Å². The van der Waals surface area contributed by atoms with Gasteiger partial charge in [0.1, 0.15) is 11.4 Å². The third kappa shape index (κ3) is 8.31. The van der Waals surface area contributed by atoms with E-state index in [1.807, 2.05) is 0 Å². The fourth-order valence-corrected chi connectivity index (χ4v) is 14.5. The van der Waals surface area contributed by atoms with Crippen LogP contribution < -0.4 is 0 Å². The topological polar surface area (TPSA) is 45.5 Å². The minimum absolute atomic E-state index is 0.816. The lowest BCUT2D eigenvalue weighted by atomic mass is 9.96. The zero-order valence-electron chi connectivity index (χ0n) is 51.8. The lowest BCUT2D eigenvalue weighted by Gasteiger charge is -2.27. The van der Waals surface area contributed by atoms with E-state index in [0.29, 0.717) is 0 Å². The summed E-state index contributed by atoms with van der Waals surface area (Å²) in [7, 11) is 0.